The summed E-state index contributed by atoms with van der Waals surface area (Å²) >= 11 is 0. The van der Waals surface area contributed by atoms with Gasteiger partial charge in [-0.25, -0.2) is 0 Å². The third kappa shape index (κ3) is 6.08. The summed E-state index contributed by atoms with van der Waals surface area (Å²) < 4.78 is 5.54. The Morgan fingerprint density at radius 3 is 2.25 bits per heavy atom. The fraction of sp³-hybridized carbons (Fsp3) is 0.917. The molecule has 0 aromatic rings. The maximum absolute atomic E-state index is 11.7. The van der Waals surface area contributed by atoms with Gasteiger partial charge in [0.05, 0.1) is 12.1 Å². The van der Waals surface area contributed by atoms with E-state index in [1.165, 1.54) is 0 Å². The molecule has 0 unspecified atom stereocenters. The van der Waals surface area contributed by atoms with E-state index in [-0.39, 0.29) is 11.5 Å². The number of carbonyl (C=O) groups excluding carboxylic acids is 1. The molecule has 4 nitrogen and oxygen atoms in total. The zero-order valence-electron chi connectivity index (χ0n) is 11.3. The summed E-state index contributed by atoms with van der Waals surface area (Å²) in [6, 6.07) is 0. The van der Waals surface area contributed by atoms with Gasteiger partial charge in [-0.15, -0.1) is 0 Å². The Labute approximate surface area is 99.3 Å². The molecule has 0 aliphatic rings. The van der Waals surface area contributed by atoms with Crippen LogP contribution in [-0.2, 0) is 9.53 Å². The molecule has 0 heterocycles. The number of amides is 1. The molecule has 0 fully saturated rings. The molecule has 0 aliphatic carbocycles. The molecule has 0 aliphatic heterocycles. The van der Waals surface area contributed by atoms with Crippen LogP contribution in [0.3, 0.4) is 0 Å². The van der Waals surface area contributed by atoms with E-state index in [0.29, 0.717) is 19.7 Å². The minimum absolute atomic E-state index is 0.150. The molecule has 0 saturated heterocycles. The number of rotatable bonds is 8. The van der Waals surface area contributed by atoms with Crippen molar-refractivity contribution in [2.75, 3.05) is 32.8 Å². The number of hydrogen-bond acceptors (Lipinski definition) is 3. The van der Waals surface area contributed by atoms with E-state index in [9.17, 15) is 4.79 Å². The van der Waals surface area contributed by atoms with Crippen molar-refractivity contribution in [2.24, 2.45) is 0 Å². The van der Waals surface area contributed by atoms with Gasteiger partial charge in [-0.2, -0.15) is 0 Å². The molecule has 0 spiro atoms. The van der Waals surface area contributed by atoms with Crippen LogP contribution in [-0.4, -0.2) is 49.2 Å². The van der Waals surface area contributed by atoms with E-state index in [1.807, 2.05) is 39.5 Å². The van der Waals surface area contributed by atoms with Crippen molar-refractivity contribution in [3.63, 3.8) is 0 Å². The van der Waals surface area contributed by atoms with Crippen LogP contribution in [0.15, 0.2) is 0 Å². The second kappa shape index (κ2) is 7.63. The summed E-state index contributed by atoms with van der Waals surface area (Å²) in [4.78, 5) is 13.5. The molecule has 0 radical (unpaired) electrons. The van der Waals surface area contributed by atoms with Crippen LogP contribution in [0.4, 0.5) is 0 Å². The summed E-state index contributed by atoms with van der Waals surface area (Å²) in [5.74, 6) is 0.150. The monoisotopic (exact) mass is 230 g/mol. The third-order valence-corrected chi connectivity index (χ3v) is 2.48. The first-order valence-electron chi connectivity index (χ1n) is 6.09. The van der Waals surface area contributed by atoms with Gasteiger partial charge < -0.3 is 15.0 Å². The van der Waals surface area contributed by atoms with E-state index >= 15 is 0 Å². The molecule has 1 N–H and O–H groups in total. The summed E-state index contributed by atoms with van der Waals surface area (Å²) in [6.07, 6.45) is 0. The van der Waals surface area contributed by atoms with Crippen LogP contribution in [0.2, 0.25) is 0 Å². The van der Waals surface area contributed by atoms with Crippen LogP contribution in [0.25, 0.3) is 0 Å². The first-order chi connectivity index (χ1) is 7.46. The number of nitrogens with one attached hydrogen (secondary N) is 1. The number of likely N-dealkylation sites (N-methyl/N-ethyl adjacent to an activating group) is 1. The Kier molecular flexibility index (Phi) is 7.34. The van der Waals surface area contributed by atoms with Crippen LogP contribution < -0.4 is 5.32 Å². The maximum Gasteiger partial charge on any atom is 0.236 e. The summed E-state index contributed by atoms with van der Waals surface area (Å²) in [6.45, 7) is 13.3. The van der Waals surface area contributed by atoms with E-state index in [2.05, 4.69) is 5.32 Å². The highest BCUT2D eigenvalue weighted by atomic mass is 16.5. The van der Waals surface area contributed by atoms with Crippen molar-refractivity contribution in [3.8, 4) is 0 Å². The molecular weight excluding hydrogens is 204 g/mol. The lowest BCUT2D eigenvalue weighted by Gasteiger charge is -2.26. The number of carbonyl (C=O) groups is 1. The maximum atomic E-state index is 11.7. The number of nitrogens with zero attached hydrogens (tertiary/aromatic N) is 1. The average Bonchev–Trinajstić information content (AvgIpc) is 2.19. The van der Waals surface area contributed by atoms with Gasteiger partial charge in [0, 0.05) is 26.2 Å². The SMILES string of the molecule is CCOC(C)(C)CNCC(=O)N(CC)CC. The standard InChI is InChI=1S/C12H26N2O2/c1-6-14(7-2)11(15)9-13-10-12(4,5)16-8-3/h13H,6-10H2,1-5H3. The fourth-order valence-electron chi connectivity index (χ4n) is 1.60. The predicted molar refractivity (Wildman–Crippen MR) is 66.5 cm³/mol. The molecule has 96 valence electrons. The molecular formula is C12H26N2O2. The molecule has 0 bridgehead atoms. The Hall–Kier alpha value is -0.610. The number of hydrogen-bond donors (Lipinski definition) is 1. The zero-order chi connectivity index (χ0) is 12.6. The smallest absolute Gasteiger partial charge is 0.236 e. The van der Waals surface area contributed by atoms with E-state index in [0.717, 1.165) is 13.1 Å². The van der Waals surface area contributed by atoms with Gasteiger partial charge in [0.15, 0.2) is 0 Å². The molecule has 0 aromatic carbocycles. The minimum atomic E-state index is -0.210. The Bertz CT molecular complexity index is 201. The summed E-state index contributed by atoms with van der Waals surface area (Å²) in [7, 11) is 0. The molecule has 0 atom stereocenters. The highest BCUT2D eigenvalue weighted by molar-refractivity contribution is 5.78. The Morgan fingerprint density at radius 1 is 1.25 bits per heavy atom. The molecule has 0 saturated carbocycles. The molecule has 4 heteroatoms. The van der Waals surface area contributed by atoms with Crippen LogP contribution >= 0.6 is 0 Å². The minimum Gasteiger partial charge on any atom is -0.375 e. The predicted octanol–water partition coefficient (Wildman–Crippen LogP) is 1.26. The van der Waals surface area contributed by atoms with Crippen molar-refractivity contribution < 1.29 is 9.53 Å². The normalized spacial score (nSPS) is 11.6. The van der Waals surface area contributed by atoms with Gasteiger partial charge in [-0.05, 0) is 34.6 Å². The molecule has 0 rings (SSSR count). The lowest BCUT2D eigenvalue weighted by Crippen LogP contribution is -2.43. The third-order valence-electron chi connectivity index (χ3n) is 2.48. The Morgan fingerprint density at radius 2 is 1.81 bits per heavy atom. The first-order valence-corrected chi connectivity index (χ1v) is 6.09. The largest absolute Gasteiger partial charge is 0.375 e. The summed E-state index contributed by atoms with van der Waals surface area (Å²) in [5, 5.41) is 3.14. The van der Waals surface area contributed by atoms with Crippen molar-refractivity contribution >= 4 is 5.91 Å². The van der Waals surface area contributed by atoms with Crippen LogP contribution in [0.1, 0.15) is 34.6 Å². The Balaban J connectivity index is 3.85. The van der Waals surface area contributed by atoms with Gasteiger partial charge in [-0.3, -0.25) is 4.79 Å². The second-order valence-corrected chi connectivity index (χ2v) is 4.36. The second-order valence-electron chi connectivity index (χ2n) is 4.36. The van der Waals surface area contributed by atoms with Crippen molar-refractivity contribution in [1.82, 2.24) is 10.2 Å². The van der Waals surface area contributed by atoms with Gasteiger partial charge in [0.2, 0.25) is 5.91 Å². The number of ether oxygens (including phenoxy) is 1. The van der Waals surface area contributed by atoms with Gasteiger partial charge >= 0.3 is 0 Å². The van der Waals surface area contributed by atoms with Crippen LogP contribution in [0.5, 0.6) is 0 Å². The highest BCUT2D eigenvalue weighted by Crippen LogP contribution is 2.06. The molecule has 1 amide bonds. The van der Waals surface area contributed by atoms with E-state index in [4.69, 9.17) is 4.74 Å². The summed E-state index contributed by atoms with van der Waals surface area (Å²) in [5.41, 5.74) is -0.210. The van der Waals surface area contributed by atoms with Crippen molar-refractivity contribution in [2.45, 2.75) is 40.2 Å². The lowest BCUT2D eigenvalue weighted by atomic mass is 10.1. The molecule has 0 aromatic heterocycles. The quantitative estimate of drug-likeness (QED) is 0.682. The zero-order valence-corrected chi connectivity index (χ0v) is 11.3. The lowest BCUT2D eigenvalue weighted by molar-refractivity contribution is -0.130. The van der Waals surface area contributed by atoms with Gasteiger partial charge in [-0.1, -0.05) is 0 Å². The molecule has 16 heavy (non-hydrogen) atoms. The fourth-order valence-corrected chi connectivity index (χ4v) is 1.60. The van der Waals surface area contributed by atoms with Gasteiger partial charge in [0.1, 0.15) is 0 Å². The average molecular weight is 230 g/mol. The van der Waals surface area contributed by atoms with E-state index in [1.54, 1.807) is 0 Å². The van der Waals surface area contributed by atoms with Crippen molar-refractivity contribution in [1.29, 1.82) is 0 Å². The van der Waals surface area contributed by atoms with Gasteiger partial charge in [0.25, 0.3) is 0 Å². The highest BCUT2D eigenvalue weighted by Gasteiger charge is 2.18. The van der Waals surface area contributed by atoms with Crippen LogP contribution in [0, 0.1) is 0 Å². The van der Waals surface area contributed by atoms with Crippen molar-refractivity contribution in [3.05, 3.63) is 0 Å². The van der Waals surface area contributed by atoms with E-state index < -0.39 is 0 Å². The topological polar surface area (TPSA) is 41.6 Å². The first kappa shape index (κ1) is 15.4.